The maximum Gasteiger partial charge on any atom is 0.289 e. The Balaban J connectivity index is 1.50. The maximum atomic E-state index is 12.8. The van der Waals surface area contributed by atoms with E-state index in [1.807, 2.05) is 4.90 Å². The van der Waals surface area contributed by atoms with Crippen LogP contribution in [0, 0.1) is 5.92 Å². The third kappa shape index (κ3) is 4.01. The van der Waals surface area contributed by atoms with Crippen LogP contribution in [0.25, 0.3) is 11.0 Å². The van der Waals surface area contributed by atoms with Gasteiger partial charge in [-0.05, 0) is 43.0 Å². The summed E-state index contributed by atoms with van der Waals surface area (Å²) in [6, 6.07) is 6.94. The third-order valence-electron chi connectivity index (χ3n) is 5.40. The van der Waals surface area contributed by atoms with Crippen LogP contribution >= 0.6 is 0 Å². The highest BCUT2D eigenvalue weighted by molar-refractivity contribution is 6.43. The van der Waals surface area contributed by atoms with E-state index in [4.69, 9.17) is 4.42 Å². The van der Waals surface area contributed by atoms with Gasteiger partial charge in [-0.3, -0.25) is 14.4 Å². The quantitative estimate of drug-likeness (QED) is 0.863. The number of likely N-dealkylation sites (tertiary alicyclic amines) is 1. The Hall–Kier alpha value is -3.16. The number of anilines is 1. The van der Waals surface area contributed by atoms with Crippen molar-refractivity contribution in [3.05, 3.63) is 30.0 Å². The van der Waals surface area contributed by atoms with Crippen LogP contribution in [0.4, 0.5) is 5.69 Å². The molecule has 8 heteroatoms. The Morgan fingerprint density at radius 2 is 2.07 bits per heavy atom. The van der Waals surface area contributed by atoms with Crippen molar-refractivity contribution < 1.29 is 18.8 Å². The number of rotatable bonds is 3. The summed E-state index contributed by atoms with van der Waals surface area (Å²) in [5.74, 6) is 0.264. The Morgan fingerprint density at radius 1 is 1.24 bits per heavy atom. The second kappa shape index (κ2) is 7.69. The van der Waals surface area contributed by atoms with Crippen molar-refractivity contribution in [1.29, 1.82) is 0 Å². The number of fused-ring (bicyclic) bond motifs is 1. The molecule has 2 aromatic rings. The molecular weight excluding hydrogens is 372 g/mol. The highest BCUT2D eigenvalue weighted by Gasteiger charge is 2.25. The average molecular weight is 396 g/mol. The minimum absolute atomic E-state index is 0.0948. The minimum atomic E-state index is -0.342. The second-order valence-electron chi connectivity index (χ2n) is 7.78. The number of carbonyl (C=O) groups excluding carboxylic acids is 3. The first-order chi connectivity index (χ1) is 13.9. The lowest BCUT2D eigenvalue weighted by Gasteiger charge is -2.30. The Labute approximate surface area is 168 Å². The molecule has 2 aliphatic rings. The van der Waals surface area contributed by atoms with E-state index in [9.17, 15) is 14.4 Å². The summed E-state index contributed by atoms with van der Waals surface area (Å²) in [5, 5.41) is 8.76. The number of hydrogen-bond acceptors (Lipinski definition) is 5. The summed E-state index contributed by atoms with van der Waals surface area (Å²) in [6.07, 6.45) is 2.73. The summed E-state index contributed by atoms with van der Waals surface area (Å²) in [5.41, 5.74) is 1.49. The van der Waals surface area contributed by atoms with E-state index in [1.165, 1.54) is 12.1 Å². The Kier molecular flexibility index (Phi) is 5.08. The third-order valence-corrected chi connectivity index (χ3v) is 5.40. The first-order valence-corrected chi connectivity index (χ1v) is 9.89. The molecule has 1 atom stereocenters. The normalized spacial score (nSPS) is 20.0. The van der Waals surface area contributed by atoms with E-state index >= 15 is 0 Å². The number of carbonyl (C=O) groups is 3. The van der Waals surface area contributed by atoms with Gasteiger partial charge in [0.15, 0.2) is 5.76 Å². The van der Waals surface area contributed by atoms with E-state index in [1.54, 1.807) is 24.3 Å². The van der Waals surface area contributed by atoms with Gasteiger partial charge in [0.25, 0.3) is 11.8 Å². The molecule has 2 aliphatic heterocycles. The van der Waals surface area contributed by atoms with E-state index < -0.39 is 0 Å². The Morgan fingerprint density at radius 3 is 2.83 bits per heavy atom. The zero-order valence-corrected chi connectivity index (χ0v) is 16.6. The summed E-state index contributed by atoms with van der Waals surface area (Å²) >= 11 is 0. The highest BCUT2D eigenvalue weighted by atomic mass is 16.3. The number of nitrogens with zero attached hydrogens (tertiary/aromatic N) is 3. The zero-order valence-electron chi connectivity index (χ0n) is 16.6. The smallest absolute Gasteiger partial charge is 0.289 e. The molecule has 0 spiro atoms. The van der Waals surface area contributed by atoms with Crippen LogP contribution < -0.4 is 5.32 Å². The first kappa shape index (κ1) is 19.2. The van der Waals surface area contributed by atoms with E-state index in [-0.39, 0.29) is 24.1 Å². The highest BCUT2D eigenvalue weighted by Crippen LogP contribution is 2.26. The lowest BCUT2D eigenvalue weighted by atomic mass is 10.0. The molecule has 0 aliphatic carbocycles. The van der Waals surface area contributed by atoms with Gasteiger partial charge in [-0.2, -0.15) is 5.10 Å². The molecule has 1 unspecified atom stereocenters. The van der Waals surface area contributed by atoms with Crippen LogP contribution in [-0.2, 0) is 9.59 Å². The fourth-order valence-corrected chi connectivity index (χ4v) is 3.79. The molecule has 8 nitrogen and oxygen atoms in total. The SMILES string of the molecule is CC1CCCN(C(=O)c2cc3cc(NC(=O)C4=NN(C)C(=O)CC4)ccc3o2)C1. The molecule has 1 aromatic heterocycles. The van der Waals surface area contributed by atoms with E-state index in [0.717, 1.165) is 31.3 Å². The molecule has 1 N–H and O–H groups in total. The number of piperidine rings is 1. The minimum Gasteiger partial charge on any atom is -0.451 e. The van der Waals surface area contributed by atoms with Crippen LogP contribution in [0.2, 0.25) is 0 Å². The fraction of sp³-hybridized carbons (Fsp3) is 0.429. The van der Waals surface area contributed by atoms with Crippen molar-refractivity contribution in [3.8, 4) is 0 Å². The largest absolute Gasteiger partial charge is 0.451 e. The van der Waals surface area contributed by atoms with Crippen molar-refractivity contribution in [3.63, 3.8) is 0 Å². The predicted octanol–water partition coefficient (Wildman–Crippen LogP) is 2.85. The topological polar surface area (TPSA) is 95.2 Å². The number of benzene rings is 1. The second-order valence-corrected chi connectivity index (χ2v) is 7.78. The zero-order chi connectivity index (χ0) is 20.5. The van der Waals surface area contributed by atoms with Gasteiger partial charge in [0, 0.05) is 44.1 Å². The van der Waals surface area contributed by atoms with Crippen molar-refractivity contribution in [2.75, 3.05) is 25.5 Å². The van der Waals surface area contributed by atoms with Crippen molar-refractivity contribution in [2.24, 2.45) is 11.0 Å². The molecule has 0 radical (unpaired) electrons. The van der Waals surface area contributed by atoms with Gasteiger partial charge in [0.05, 0.1) is 0 Å². The van der Waals surface area contributed by atoms with Gasteiger partial charge in [-0.25, -0.2) is 5.01 Å². The summed E-state index contributed by atoms with van der Waals surface area (Å²) in [4.78, 5) is 38.5. The monoisotopic (exact) mass is 396 g/mol. The molecule has 1 aromatic carbocycles. The molecule has 0 bridgehead atoms. The van der Waals surface area contributed by atoms with Crippen molar-refractivity contribution >= 4 is 40.1 Å². The maximum absolute atomic E-state index is 12.8. The number of nitrogens with one attached hydrogen (secondary N) is 1. The first-order valence-electron chi connectivity index (χ1n) is 9.89. The molecule has 1 fully saturated rings. The number of amides is 3. The lowest BCUT2D eigenvalue weighted by Crippen LogP contribution is -2.38. The van der Waals surface area contributed by atoms with Gasteiger partial charge in [0.2, 0.25) is 5.91 Å². The summed E-state index contributed by atoms with van der Waals surface area (Å²) in [6.45, 7) is 3.65. The van der Waals surface area contributed by atoms with Gasteiger partial charge in [-0.1, -0.05) is 6.92 Å². The standard InChI is InChI=1S/C21H24N4O4/c1-13-4-3-9-25(12-13)21(28)18-11-14-10-15(5-7-17(14)29-18)22-20(27)16-6-8-19(26)24(2)23-16/h5,7,10-11,13H,3-4,6,8-9,12H2,1-2H3,(H,22,27). The fourth-order valence-electron chi connectivity index (χ4n) is 3.79. The van der Waals surface area contributed by atoms with Crippen LogP contribution in [0.1, 0.15) is 43.2 Å². The lowest BCUT2D eigenvalue weighted by molar-refractivity contribution is -0.130. The molecule has 3 amide bonds. The molecule has 4 rings (SSSR count). The predicted molar refractivity (Wildman–Crippen MR) is 109 cm³/mol. The van der Waals surface area contributed by atoms with Gasteiger partial charge in [0.1, 0.15) is 11.3 Å². The summed E-state index contributed by atoms with van der Waals surface area (Å²) < 4.78 is 5.75. The Bertz CT molecular complexity index is 1010. The van der Waals surface area contributed by atoms with Gasteiger partial charge in [-0.15, -0.1) is 0 Å². The number of hydrazone groups is 1. The van der Waals surface area contributed by atoms with E-state index in [2.05, 4.69) is 17.3 Å². The summed E-state index contributed by atoms with van der Waals surface area (Å²) in [7, 11) is 1.54. The molecule has 29 heavy (non-hydrogen) atoms. The van der Waals surface area contributed by atoms with Crippen LogP contribution in [0.15, 0.2) is 33.8 Å². The molecule has 3 heterocycles. The number of hydrogen-bond donors (Lipinski definition) is 1. The van der Waals surface area contributed by atoms with Gasteiger partial charge >= 0.3 is 0 Å². The van der Waals surface area contributed by atoms with Crippen LogP contribution in [0.5, 0.6) is 0 Å². The molecule has 0 saturated carbocycles. The van der Waals surface area contributed by atoms with E-state index in [0.29, 0.717) is 35.1 Å². The number of furan rings is 1. The van der Waals surface area contributed by atoms with Crippen molar-refractivity contribution in [1.82, 2.24) is 9.91 Å². The molecule has 152 valence electrons. The van der Waals surface area contributed by atoms with Crippen molar-refractivity contribution in [2.45, 2.75) is 32.6 Å². The van der Waals surface area contributed by atoms with Gasteiger partial charge < -0.3 is 14.6 Å². The molecular formula is C21H24N4O4. The van der Waals surface area contributed by atoms with Crippen LogP contribution in [0.3, 0.4) is 0 Å². The molecule has 1 saturated heterocycles. The van der Waals surface area contributed by atoms with Crippen LogP contribution in [-0.4, -0.2) is 53.5 Å². The average Bonchev–Trinajstić information content (AvgIpc) is 3.12.